The topological polar surface area (TPSA) is 85.6 Å². The van der Waals surface area contributed by atoms with Crippen molar-refractivity contribution in [2.24, 2.45) is 0 Å². The molecule has 0 atom stereocenters. The zero-order valence-corrected chi connectivity index (χ0v) is 24.8. The number of carbonyl (C=O) groups excluding carboxylic acids is 1. The second-order valence-corrected chi connectivity index (χ2v) is 10.3. The van der Waals surface area contributed by atoms with Crippen molar-refractivity contribution < 1.29 is 18.3 Å². The third kappa shape index (κ3) is 7.43. The van der Waals surface area contributed by atoms with E-state index in [1.807, 2.05) is 30.3 Å². The molecule has 4 aromatic rings. The van der Waals surface area contributed by atoms with E-state index < -0.39 is 11.7 Å². The van der Waals surface area contributed by atoms with Gasteiger partial charge in [-0.1, -0.05) is 36.9 Å². The van der Waals surface area contributed by atoms with Crippen molar-refractivity contribution in [2.45, 2.75) is 19.8 Å². The molecule has 0 saturated carbocycles. The lowest BCUT2D eigenvalue weighted by Crippen LogP contribution is -2.49. The van der Waals surface area contributed by atoms with Crippen molar-refractivity contribution in [3.05, 3.63) is 73.0 Å². The number of likely N-dealkylation sites (tertiary alicyclic amines) is 1. The molecular formula is C33H36F2N6O2. The largest absolute Gasteiger partial charge is 0.481 e. The normalized spacial score (nSPS) is 14.8. The Kier molecular flexibility index (Phi) is 10.6. The van der Waals surface area contributed by atoms with E-state index in [0.29, 0.717) is 48.5 Å². The minimum Gasteiger partial charge on any atom is -0.481 e. The van der Waals surface area contributed by atoms with Gasteiger partial charge in [-0.3, -0.25) is 9.78 Å². The minimum absolute atomic E-state index is 0.295. The van der Waals surface area contributed by atoms with Crippen LogP contribution in [0.4, 0.5) is 14.5 Å². The van der Waals surface area contributed by atoms with Gasteiger partial charge in [0.05, 0.1) is 24.4 Å². The highest BCUT2D eigenvalue weighted by Gasteiger charge is 2.25. The molecule has 0 aliphatic carbocycles. The van der Waals surface area contributed by atoms with Crippen molar-refractivity contribution in [1.82, 2.24) is 19.8 Å². The SMILES string of the molecule is C=C(F)C(=O)N1CCN(c2cc(OC)nc3cc(-c4cccc5cccc(F)c45)cnc23)CC1.CC#N.CN1CCCC1. The van der Waals surface area contributed by atoms with E-state index in [2.05, 4.69) is 28.4 Å². The third-order valence-corrected chi connectivity index (χ3v) is 7.44. The fraction of sp³-hybridized carbons (Fsp3) is 0.333. The van der Waals surface area contributed by atoms with E-state index in [9.17, 15) is 13.6 Å². The number of pyridine rings is 2. The Balaban J connectivity index is 0.000000408. The molecule has 0 bridgehead atoms. The molecule has 0 unspecified atom stereocenters. The van der Waals surface area contributed by atoms with Gasteiger partial charge in [0, 0.05) is 56.3 Å². The quantitative estimate of drug-likeness (QED) is 0.272. The van der Waals surface area contributed by atoms with Crippen LogP contribution >= 0.6 is 0 Å². The predicted molar refractivity (Wildman–Crippen MR) is 166 cm³/mol. The van der Waals surface area contributed by atoms with Gasteiger partial charge in [0.1, 0.15) is 11.3 Å². The number of hydrogen-bond acceptors (Lipinski definition) is 7. The van der Waals surface area contributed by atoms with Crippen LogP contribution in [-0.4, -0.2) is 79.1 Å². The van der Waals surface area contributed by atoms with Crippen molar-refractivity contribution in [3.8, 4) is 23.1 Å². The average Bonchev–Trinajstić information content (AvgIpc) is 3.51. The van der Waals surface area contributed by atoms with Gasteiger partial charge in [0.15, 0.2) is 5.83 Å². The molecule has 8 nitrogen and oxygen atoms in total. The van der Waals surface area contributed by atoms with E-state index in [-0.39, 0.29) is 5.82 Å². The number of hydrogen-bond donors (Lipinski definition) is 0. The molecule has 43 heavy (non-hydrogen) atoms. The Morgan fingerprint density at radius 2 is 1.70 bits per heavy atom. The zero-order valence-electron chi connectivity index (χ0n) is 24.8. The van der Waals surface area contributed by atoms with Crippen LogP contribution in [0.15, 0.2) is 67.1 Å². The van der Waals surface area contributed by atoms with Crippen molar-refractivity contribution in [3.63, 3.8) is 0 Å². The summed E-state index contributed by atoms with van der Waals surface area (Å²) in [6.07, 6.45) is 4.54. The number of ether oxygens (including phenoxy) is 1. The molecule has 2 aromatic carbocycles. The molecule has 1 amide bonds. The number of methoxy groups -OCH3 is 1. The van der Waals surface area contributed by atoms with Crippen LogP contribution in [0, 0.1) is 17.1 Å². The second-order valence-electron chi connectivity index (χ2n) is 10.3. The van der Waals surface area contributed by atoms with Crippen LogP contribution in [0.3, 0.4) is 0 Å². The number of halogens is 2. The summed E-state index contributed by atoms with van der Waals surface area (Å²) in [7, 11) is 3.71. The molecule has 4 heterocycles. The van der Waals surface area contributed by atoms with Crippen LogP contribution in [0.5, 0.6) is 5.88 Å². The molecule has 10 heteroatoms. The first-order valence-electron chi connectivity index (χ1n) is 14.2. The highest BCUT2D eigenvalue weighted by atomic mass is 19.1. The van der Waals surface area contributed by atoms with E-state index in [4.69, 9.17) is 15.0 Å². The van der Waals surface area contributed by atoms with Crippen molar-refractivity contribution in [2.75, 3.05) is 58.3 Å². The van der Waals surface area contributed by atoms with Crippen molar-refractivity contribution >= 4 is 33.4 Å². The Hall–Kier alpha value is -4.62. The number of anilines is 1. The number of piperazine rings is 1. The summed E-state index contributed by atoms with van der Waals surface area (Å²) in [5.74, 6) is -1.51. The fourth-order valence-corrected chi connectivity index (χ4v) is 5.30. The van der Waals surface area contributed by atoms with Gasteiger partial charge < -0.3 is 19.4 Å². The smallest absolute Gasteiger partial charge is 0.282 e. The van der Waals surface area contributed by atoms with Gasteiger partial charge in [-0.05, 0) is 56.1 Å². The Labute approximate surface area is 250 Å². The first kappa shape index (κ1) is 31.3. The van der Waals surface area contributed by atoms with Crippen LogP contribution in [0.2, 0.25) is 0 Å². The Bertz CT molecular complexity index is 1640. The summed E-state index contributed by atoms with van der Waals surface area (Å²) < 4.78 is 33.4. The first-order chi connectivity index (χ1) is 20.8. The lowest BCUT2D eigenvalue weighted by atomic mass is 9.98. The number of rotatable bonds is 4. The van der Waals surface area contributed by atoms with E-state index in [1.165, 1.54) is 43.8 Å². The maximum Gasteiger partial charge on any atom is 0.282 e. The van der Waals surface area contributed by atoms with Gasteiger partial charge >= 0.3 is 0 Å². The summed E-state index contributed by atoms with van der Waals surface area (Å²) in [6.45, 7) is 8.89. The predicted octanol–water partition coefficient (Wildman–Crippen LogP) is 5.97. The molecule has 2 aliphatic rings. The Morgan fingerprint density at radius 1 is 1.05 bits per heavy atom. The molecule has 224 valence electrons. The average molecular weight is 587 g/mol. The lowest BCUT2D eigenvalue weighted by Gasteiger charge is -2.36. The molecule has 0 radical (unpaired) electrons. The van der Waals surface area contributed by atoms with E-state index in [1.54, 1.807) is 31.5 Å². The van der Waals surface area contributed by atoms with Gasteiger partial charge in [0.2, 0.25) is 5.88 Å². The summed E-state index contributed by atoms with van der Waals surface area (Å²) >= 11 is 0. The molecule has 2 saturated heterocycles. The summed E-state index contributed by atoms with van der Waals surface area (Å²) in [6, 6.07) is 16.1. The monoisotopic (exact) mass is 586 g/mol. The number of amides is 1. The molecule has 0 spiro atoms. The minimum atomic E-state index is -0.955. The fourth-order valence-electron chi connectivity index (χ4n) is 5.30. The summed E-state index contributed by atoms with van der Waals surface area (Å²) in [5.41, 5.74) is 3.56. The molecule has 2 aliphatic heterocycles. The number of aromatic nitrogens is 2. The van der Waals surface area contributed by atoms with Gasteiger partial charge in [-0.2, -0.15) is 5.26 Å². The standard InChI is InChI=1S/C26H22F2N4O2.C5H11N.C2H3N/c1-16(27)26(33)32-11-9-31(10-12-32)22-14-23(34-2)30-21-13-18(15-29-25(21)22)19-7-3-5-17-6-4-8-20(28)24(17)19;1-6-4-2-3-5-6;1-2-3/h3-8,13-15H,1,9-12H2,2H3;2-5H2,1H3;1H3. The van der Waals surface area contributed by atoms with Crippen molar-refractivity contribution in [1.29, 1.82) is 5.26 Å². The first-order valence-corrected chi connectivity index (χ1v) is 14.2. The van der Waals surface area contributed by atoms with Gasteiger partial charge in [-0.25, -0.2) is 13.8 Å². The molecular weight excluding hydrogens is 550 g/mol. The number of carbonyl (C=O) groups is 1. The number of benzene rings is 2. The molecule has 0 N–H and O–H groups in total. The Morgan fingerprint density at radius 3 is 2.28 bits per heavy atom. The van der Waals surface area contributed by atoms with E-state index >= 15 is 0 Å². The van der Waals surface area contributed by atoms with Crippen LogP contribution in [0.1, 0.15) is 19.8 Å². The molecule has 6 rings (SSSR count). The van der Waals surface area contributed by atoms with E-state index in [0.717, 1.165) is 22.2 Å². The molecule has 2 aromatic heterocycles. The maximum atomic E-state index is 14.7. The lowest BCUT2D eigenvalue weighted by molar-refractivity contribution is -0.128. The van der Waals surface area contributed by atoms with Crippen LogP contribution in [-0.2, 0) is 4.79 Å². The van der Waals surface area contributed by atoms with Gasteiger partial charge in [0.25, 0.3) is 5.91 Å². The number of fused-ring (bicyclic) bond motifs is 2. The number of nitrogens with zero attached hydrogens (tertiary/aromatic N) is 6. The summed E-state index contributed by atoms with van der Waals surface area (Å²) in [4.78, 5) is 27.0. The highest BCUT2D eigenvalue weighted by molar-refractivity contribution is 5.99. The molecule has 2 fully saturated rings. The summed E-state index contributed by atoms with van der Waals surface area (Å²) in [5, 5.41) is 8.66. The van der Waals surface area contributed by atoms with Crippen LogP contribution < -0.4 is 9.64 Å². The second kappa shape index (κ2) is 14.5. The third-order valence-electron chi connectivity index (χ3n) is 7.44. The highest BCUT2D eigenvalue weighted by Crippen LogP contribution is 2.34. The maximum absolute atomic E-state index is 14.7. The zero-order chi connectivity index (χ0) is 30.9. The van der Waals surface area contributed by atoms with Gasteiger partial charge in [-0.15, -0.1) is 0 Å². The van der Waals surface area contributed by atoms with Crippen LogP contribution in [0.25, 0.3) is 32.9 Å². The number of nitriles is 1.